The summed E-state index contributed by atoms with van der Waals surface area (Å²) in [6.45, 7) is 4.00. The smallest absolute Gasteiger partial charge is 0.243 e. The molecule has 4 rings (SSSR count). The number of rotatable bonds is 9. The van der Waals surface area contributed by atoms with Gasteiger partial charge in [-0.15, -0.1) is 0 Å². The summed E-state index contributed by atoms with van der Waals surface area (Å²) >= 11 is 0. The molecule has 4 aromatic rings. The minimum atomic E-state index is -0.602. The Hall–Kier alpha value is -4.92. The van der Waals surface area contributed by atoms with Gasteiger partial charge in [0, 0.05) is 30.3 Å². The van der Waals surface area contributed by atoms with E-state index in [-0.39, 0.29) is 52.2 Å². The lowest BCUT2D eigenvalue weighted by Gasteiger charge is -2.13. The van der Waals surface area contributed by atoms with Crippen molar-refractivity contribution in [3.05, 3.63) is 81.5 Å². The molecule has 39 heavy (non-hydrogen) atoms. The number of aromatic hydroxyl groups is 4. The first-order valence-electron chi connectivity index (χ1n) is 12.3. The van der Waals surface area contributed by atoms with Gasteiger partial charge >= 0.3 is 0 Å². The zero-order chi connectivity index (χ0) is 28.1. The molecule has 0 radical (unpaired) electrons. The van der Waals surface area contributed by atoms with E-state index in [4.69, 9.17) is 9.15 Å². The Morgan fingerprint density at radius 3 is 2.46 bits per heavy atom. The van der Waals surface area contributed by atoms with E-state index >= 15 is 0 Å². The summed E-state index contributed by atoms with van der Waals surface area (Å²) in [5.41, 5.74) is 1.88. The van der Waals surface area contributed by atoms with Gasteiger partial charge in [-0.05, 0) is 73.7 Å². The molecule has 0 unspecified atom stereocenters. The topological polar surface area (TPSA) is 149 Å². The Morgan fingerprint density at radius 1 is 0.923 bits per heavy atom. The molecule has 1 heterocycles. The first kappa shape index (κ1) is 27.1. The van der Waals surface area contributed by atoms with E-state index in [0.29, 0.717) is 36.1 Å². The normalized spacial score (nSPS) is 11.2. The quantitative estimate of drug-likeness (QED) is 0.151. The van der Waals surface area contributed by atoms with Gasteiger partial charge in [0.15, 0.2) is 5.76 Å². The summed E-state index contributed by atoms with van der Waals surface area (Å²) in [4.78, 5) is 25.4. The number of hydrogen-bond donors (Lipinski definition) is 5. The maximum Gasteiger partial charge on any atom is 0.243 e. The average molecular weight is 532 g/mol. The fraction of sp³-hybridized carbons (Fsp3) is 0.200. The van der Waals surface area contributed by atoms with Crippen LogP contribution >= 0.6 is 0 Å². The lowest BCUT2D eigenvalue weighted by atomic mass is 10.1. The average Bonchev–Trinajstić information content (AvgIpc) is 2.88. The van der Waals surface area contributed by atoms with E-state index in [2.05, 4.69) is 5.32 Å². The van der Waals surface area contributed by atoms with E-state index in [0.717, 1.165) is 11.6 Å². The minimum absolute atomic E-state index is 0.0119. The van der Waals surface area contributed by atoms with Crippen molar-refractivity contribution in [2.24, 2.45) is 0 Å². The molecule has 5 N–H and O–H groups in total. The maximum atomic E-state index is 13.3. The number of benzene rings is 3. The SMILES string of the molecule is Cc1cc(-c2oc3cc(O)cc(O)c3c(=O)c2OCCCCNC(=O)/C=C/c2ccc(C)c(O)c2)ccc1O. The van der Waals surface area contributed by atoms with Crippen LogP contribution in [0.15, 0.2) is 63.8 Å². The second-order valence-electron chi connectivity index (χ2n) is 9.15. The summed E-state index contributed by atoms with van der Waals surface area (Å²) in [5, 5.41) is 42.4. The van der Waals surface area contributed by atoms with E-state index in [1.807, 2.05) is 0 Å². The Balaban J connectivity index is 1.42. The molecule has 0 saturated carbocycles. The molecule has 0 aliphatic carbocycles. The van der Waals surface area contributed by atoms with Gasteiger partial charge in [-0.1, -0.05) is 12.1 Å². The van der Waals surface area contributed by atoms with Gasteiger partial charge in [0.1, 0.15) is 34.0 Å². The van der Waals surface area contributed by atoms with Gasteiger partial charge in [-0.25, -0.2) is 0 Å². The molecular formula is C30H29NO8. The van der Waals surface area contributed by atoms with Crippen LogP contribution in [0.3, 0.4) is 0 Å². The number of ether oxygens (including phenoxy) is 1. The highest BCUT2D eigenvalue weighted by atomic mass is 16.5. The highest BCUT2D eigenvalue weighted by Gasteiger charge is 2.21. The van der Waals surface area contributed by atoms with Crippen LogP contribution in [0.1, 0.15) is 29.5 Å². The molecule has 0 fully saturated rings. The van der Waals surface area contributed by atoms with Crippen molar-refractivity contribution in [2.75, 3.05) is 13.2 Å². The zero-order valence-electron chi connectivity index (χ0n) is 21.5. The number of aryl methyl sites for hydroxylation is 2. The van der Waals surface area contributed by atoms with E-state index in [1.54, 1.807) is 50.3 Å². The van der Waals surface area contributed by atoms with Crippen molar-refractivity contribution >= 4 is 23.0 Å². The van der Waals surface area contributed by atoms with Crippen LogP contribution in [0.4, 0.5) is 0 Å². The summed E-state index contributed by atoms with van der Waals surface area (Å²) in [5.74, 6) is -0.756. The Labute approximate surface area is 224 Å². The first-order valence-corrected chi connectivity index (χ1v) is 12.3. The van der Waals surface area contributed by atoms with E-state index in [1.165, 1.54) is 18.2 Å². The molecule has 1 aromatic heterocycles. The van der Waals surface area contributed by atoms with Crippen LogP contribution in [-0.2, 0) is 4.79 Å². The van der Waals surface area contributed by atoms with Crippen LogP contribution < -0.4 is 15.5 Å². The highest BCUT2D eigenvalue weighted by Crippen LogP contribution is 2.36. The van der Waals surface area contributed by atoms with Crippen molar-refractivity contribution in [3.8, 4) is 40.1 Å². The minimum Gasteiger partial charge on any atom is -0.508 e. The first-order chi connectivity index (χ1) is 18.6. The molecule has 0 atom stereocenters. The molecule has 0 aliphatic heterocycles. The number of nitrogens with one attached hydrogen (secondary N) is 1. The number of hydrogen-bond acceptors (Lipinski definition) is 8. The Morgan fingerprint density at radius 2 is 1.72 bits per heavy atom. The third-order valence-corrected chi connectivity index (χ3v) is 6.15. The molecule has 0 saturated heterocycles. The van der Waals surface area contributed by atoms with Gasteiger partial charge in [0.05, 0.1) is 6.61 Å². The van der Waals surface area contributed by atoms with Crippen LogP contribution in [0.2, 0.25) is 0 Å². The van der Waals surface area contributed by atoms with Gasteiger partial charge in [-0.2, -0.15) is 0 Å². The third-order valence-electron chi connectivity index (χ3n) is 6.15. The molecular weight excluding hydrogens is 502 g/mol. The third kappa shape index (κ3) is 6.32. The highest BCUT2D eigenvalue weighted by molar-refractivity contribution is 5.91. The van der Waals surface area contributed by atoms with Gasteiger partial charge in [0.2, 0.25) is 17.1 Å². The molecule has 9 nitrogen and oxygen atoms in total. The molecule has 0 aliphatic rings. The Bertz CT molecular complexity index is 1620. The number of unbranched alkanes of at least 4 members (excludes halogenated alkanes) is 1. The van der Waals surface area contributed by atoms with E-state index < -0.39 is 11.2 Å². The monoisotopic (exact) mass is 531 g/mol. The summed E-state index contributed by atoms with van der Waals surface area (Å²) in [7, 11) is 0. The molecule has 9 heteroatoms. The van der Waals surface area contributed by atoms with Crippen LogP contribution in [0, 0.1) is 13.8 Å². The second kappa shape index (κ2) is 11.6. The molecule has 0 spiro atoms. The summed E-state index contributed by atoms with van der Waals surface area (Å²) in [6.07, 6.45) is 4.06. The Kier molecular flexibility index (Phi) is 8.10. The number of amides is 1. The molecule has 1 amide bonds. The maximum absolute atomic E-state index is 13.3. The lowest BCUT2D eigenvalue weighted by molar-refractivity contribution is -0.116. The molecule has 0 bridgehead atoms. The fourth-order valence-corrected chi connectivity index (χ4v) is 3.96. The van der Waals surface area contributed by atoms with Crippen molar-refractivity contribution in [2.45, 2.75) is 26.7 Å². The van der Waals surface area contributed by atoms with Crippen molar-refractivity contribution < 1.29 is 34.4 Å². The van der Waals surface area contributed by atoms with Crippen LogP contribution in [-0.4, -0.2) is 39.5 Å². The van der Waals surface area contributed by atoms with Crippen molar-refractivity contribution in [3.63, 3.8) is 0 Å². The number of phenols is 4. The van der Waals surface area contributed by atoms with Crippen LogP contribution in [0.5, 0.6) is 28.7 Å². The predicted octanol–water partition coefficient (Wildman–Crippen LogP) is 4.89. The van der Waals surface area contributed by atoms with Crippen LogP contribution in [0.25, 0.3) is 28.4 Å². The number of carbonyl (C=O) groups is 1. The summed E-state index contributed by atoms with van der Waals surface area (Å²) in [6, 6.07) is 12.1. The summed E-state index contributed by atoms with van der Waals surface area (Å²) < 4.78 is 11.7. The van der Waals surface area contributed by atoms with Gasteiger partial charge in [0.25, 0.3) is 0 Å². The molecule has 202 valence electrons. The lowest BCUT2D eigenvalue weighted by Crippen LogP contribution is -2.22. The second-order valence-corrected chi connectivity index (χ2v) is 9.15. The van der Waals surface area contributed by atoms with Crippen molar-refractivity contribution in [1.29, 1.82) is 0 Å². The van der Waals surface area contributed by atoms with Gasteiger partial charge < -0.3 is 34.9 Å². The van der Waals surface area contributed by atoms with Gasteiger partial charge in [-0.3, -0.25) is 9.59 Å². The standard InChI is InChI=1S/C30H29NO8/c1-17-5-6-19(14-23(17)34)7-10-26(36)31-11-3-4-12-38-30-28(37)27-24(35)15-21(32)16-25(27)39-29(30)20-8-9-22(33)18(2)13-20/h5-10,13-16,32-35H,3-4,11-12H2,1-2H3,(H,31,36)/b10-7+. The fourth-order valence-electron chi connectivity index (χ4n) is 3.96. The number of carbonyl (C=O) groups excluding carboxylic acids is 1. The number of phenolic OH excluding ortho intramolecular Hbond substituents is 4. The van der Waals surface area contributed by atoms with E-state index in [9.17, 15) is 30.0 Å². The largest absolute Gasteiger partial charge is 0.508 e. The number of fused-ring (bicyclic) bond motifs is 1. The zero-order valence-corrected chi connectivity index (χ0v) is 21.5. The predicted molar refractivity (Wildman–Crippen MR) is 147 cm³/mol. The van der Waals surface area contributed by atoms with Crippen molar-refractivity contribution in [1.82, 2.24) is 5.32 Å². The molecule has 3 aromatic carbocycles.